The smallest absolute Gasteiger partial charge is 0.330 e. The summed E-state index contributed by atoms with van der Waals surface area (Å²) in [7, 11) is 0. The molecule has 9 heteroatoms. The molecule has 0 saturated carbocycles. The van der Waals surface area contributed by atoms with Crippen molar-refractivity contribution in [2.75, 3.05) is 6.61 Å². The molecule has 0 bridgehead atoms. The molecule has 2 aliphatic rings. The van der Waals surface area contributed by atoms with E-state index in [0.29, 0.717) is 4.88 Å². The number of esters is 1. The standard InChI is InChI=1S/C21H20BrNO5S2/c1-4-9-28-17(26)15-20(2,3)30-19-21(22,18(27)23(15)19)16(25)13(24)14-12-8-6-5-7-11(12)10-29-14/h4-8,10,15-16,19,25H,1,9H2,2-3H3/t15-,16?,19+,21?/m0/s1. The number of aliphatic hydroxyl groups is 1. The number of fused-ring (bicyclic) bond motifs is 2. The van der Waals surface area contributed by atoms with E-state index in [0.717, 1.165) is 10.8 Å². The zero-order valence-electron chi connectivity index (χ0n) is 16.3. The van der Waals surface area contributed by atoms with Gasteiger partial charge in [0.2, 0.25) is 11.7 Å². The highest BCUT2D eigenvalue weighted by atomic mass is 79.9. The van der Waals surface area contributed by atoms with Gasteiger partial charge in [0.05, 0.1) is 4.88 Å². The topological polar surface area (TPSA) is 83.9 Å². The van der Waals surface area contributed by atoms with Crippen LogP contribution in [0.25, 0.3) is 10.8 Å². The molecular formula is C21H20BrNO5S2. The lowest BCUT2D eigenvalue weighted by Crippen LogP contribution is -2.75. The van der Waals surface area contributed by atoms with Gasteiger partial charge in [0, 0.05) is 10.1 Å². The summed E-state index contributed by atoms with van der Waals surface area (Å²) < 4.78 is 3.05. The molecule has 2 saturated heterocycles. The predicted molar refractivity (Wildman–Crippen MR) is 121 cm³/mol. The van der Waals surface area contributed by atoms with Gasteiger partial charge < -0.3 is 14.7 Å². The normalized spacial score (nSPS) is 28.0. The first kappa shape index (κ1) is 21.5. The van der Waals surface area contributed by atoms with Crippen molar-refractivity contribution in [1.82, 2.24) is 4.90 Å². The first-order valence-corrected chi connectivity index (χ1v) is 11.9. The van der Waals surface area contributed by atoms with Crippen molar-refractivity contribution in [3.05, 3.63) is 47.2 Å². The Hall–Kier alpha value is -1.68. The van der Waals surface area contributed by atoms with E-state index in [1.807, 2.05) is 43.5 Å². The summed E-state index contributed by atoms with van der Waals surface area (Å²) in [6, 6.07) is 6.61. The van der Waals surface area contributed by atoms with Crippen LogP contribution in [-0.2, 0) is 14.3 Å². The molecule has 1 aromatic heterocycles. The number of ether oxygens (including phenoxy) is 1. The molecule has 30 heavy (non-hydrogen) atoms. The van der Waals surface area contributed by atoms with Crippen molar-refractivity contribution < 1.29 is 24.2 Å². The second-order valence-electron chi connectivity index (χ2n) is 7.79. The van der Waals surface area contributed by atoms with Crippen LogP contribution in [0.2, 0.25) is 0 Å². The summed E-state index contributed by atoms with van der Waals surface area (Å²) in [5.74, 6) is -1.53. The third-order valence-electron chi connectivity index (χ3n) is 5.47. The Bertz CT molecular complexity index is 1070. The van der Waals surface area contributed by atoms with E-state index in [1.165, 1.54) is 34.1 Å². The number of thiophene rings is 1. The maximum absolute atomic E-state index is 13.2. The predicted octanol–water partition coefficient (Wildman–Crippen LogP) is 3.37. The number of halogens is 1. The number of nitrogens with zero attached hydrogens (tertiary/aromatic N) is 1. The maximum atomic E-state index is 13.2. The van der Waals surface area contributed by atoms with Crippen molar-refractivity contribution in [2.24, 2.45) is 0 Å². The van der Waals surface area contributed by atoms with Gasteiger partial charge in [0.1, 0.15) is 24.1 Å². The Morgan fingerprint density at radius 1 is 1.40 bits per heavy atom. The van der Waals surface area contributed by atoms with E-state index in [9.17, 15) is 19.5 Å². The number of rotatable bonds is 6. The Morgan fingerprint density at radius 3 is 2.80 bits per heavy atom. The first-order chi connectivity index (χ1) is 14.1. The molecule has 2 fully saturated rings. The van der Waals surface area contributed by atoms with Crippen LogP contribution in [-0.4, -0.2) is 60.9 Å². The Kier molecular flexibility index (Phi) is 5.37. The van der Waals surface area contributed by atoms with Crippen LogP contribution in [0, 0.1) is 0 Å². The largest absolute Gasteiger partial charge is 0.460 e. The van der Waals surface area contributed by atoms with Crippen molar-refractivity contribution in [3.8, 4) is 0 Å². The van der Waals surface area contributed by atoms with E-state index in [1.54, 1.807) is 0 Å². The van der Waals surface area contributed by atoms with Gasteiger partial charge in [-0.05, 0) is 24.6 Å². The van der Waals surface area contributed by atoms with Gasteiger partial charge >= 0.3 is 5.97 Å². The van der Waals surface area contributed by atoms with Crippen LogP contribution < -0.4 is 0 Å². The number of β-lactam (4-membered cyclic amide) rings is 1. The summed E-state index contributed by atoms with van der Waals surface area (Å²) in [4.78, 5) is 40.7. The van der Waals surface area contributed by atoms with E-state index in [-0.39, 0.29) is 6.61 Å². The third kappa shape index (κ3) is 2.97. The number of aliphatic hydroxyl groups excluding tert-OH is 1. The summed E-state index contributed by atoms with van der Waals surface area (Å²) in [5.41, 5.74) is 0. The molecule has 1 amide bonds. The highest BCUT2D eigenvalue weighted by Gasteiger charge is 2.74. The van der Waals surface area contributed by atoms with Crippen LogP contribution in [0.5, 0.6) is 0 Å². The number of hydrogen-bond acceptors (Lipinski definition) is 7. The number of ketones is 1. The van der Waals surface area contributed by atoms with E-state index in [2.05, 4.69) is 22.5 Å². The van der Waals surface area contributed by atoms with Gasteiger partial charge in [0.15, 0.2) is 4.32 Å². The fraction of sp³-hybridized carbons (Fsp3) is 0.381. The van der Waals surface area contributed by atoms with E-state index >= 15 is 0 Å². The van der Waals surface area contributed by atoms with Crippen molar-refractivity contribution >= 4 is 67.5 Å². The zero-order chi connectivity index (χ0) is 21.8. The molecule has 2 aliphatic heterocycles. The SMILES string of the molecule is C=CCOC(=O)[C@@H]1N2C(=O)C(Br)(C(O)C(=O)c3scc4ccccc34)[C@H]2SC1(C)C. The molecule has 2 aromatic rings. The van der Waals surface area contributed by atoms with Gasteiger partial charge in [-0.2, -0.15) is 0 Å². The summed E-state index contributed by atoms with van der Waals surface area (Å²) in [5, 5.41) is 13.9. The van der Waals surface area contributed by atoms with Crippen LogP contribution in [0.1, 0.15) is 23.5 Å². The highest BCUT2D eigenvalue weighted by Crippen LogP contribution is 2.59. The van der Waals surface area contributed by atoms with Gasteiger partial charge in [-0.3, -0.25) is 9.59 Å². The van der Waals surface area contributed by atoms with Gasteiger partial charge in [0.25, 0.3) is 0 Å². The molecular weight excluding hydrogens is 490 g/mol. The third-order valence-corrected chi connectivity index (χ3v) is 9.66. The van der Waals surface area contributed by atoms with Crippen molar-refractivity contribution in [3.63, 3.8) is 0 Å². The lowest BCUT2D eigenvalue weighted by atomic mass is 9.85. The second kappa shape index (κ2) is 7.47. The minimum absolute atomic E-state index is 0.0504. The zero-order valence-corrected chi connectivity index (χ0v) is 19.6. The molecule has 6 nitrogen and oxygen atoms in total. The van der Waals surface area contributed by atoms with Crippen LogP contribution in [0.4, 0.5) is 0 Å². The average Bonchev–Trinajstić information content (AvgIpc) is 3.27. The lowest BCUT2D eigenvalue weighted by molar-refractivity contribution is -0.165. The number of amides is 1. The monoisotopic (exact) mass is 509 g/mol. The fourth-order valence-electron chi connectivity index (χ4n) is 4.00. The number of hydrogen-bond donors (Lipinski definition) is 1. The van der Waals surface area contributed by atoms with Gasteiger partial charge in [-0.1, -0.05) is 52.9 Å². The summed E-state index contributed by atoms with van der Waals surface area (Å²) >= 11 is 6.00. The average molecular weight is 510 g/mol. The first-order valence-electron chi connectivity index (χ1n) is 9.30. The minimum Gasteiger partial charge on any atom is -0.460 e. The number of alkyl halides is 1. The molecule has 4 rings (SSSR count). The molecule has 2 unspecified atom stereocenters. The van der Waals surface area contributed by atoms with Crippen molar-refractivity contribution in [2.45, 2.75) is 40.4 Å². The Morgan fingerprint density at radius 2 is 2.10 bits per heavy atom. The number of carbonyl (C=O) groups excluding carboxylic acids is 3. The van der Waals surface area contributed by atoms with Gasteiger partial charge in [-0.15, -0.1) is 23.1 Å². The summed E-state index contributed by atoms with van der Waals surface area (Å²) in [6.07, 6.45) is -0.120. The van der Waals surface area contributed by atoms with Crippen LogP contribution in [0.3, 0.4) is 0 Å². The molecule has 4 atom stereocenters. The number of carbonyl (C=O) groups is 3. The minimum atomic E-state index is -1.58. The van der Waals surface area contributed by atoms with E-state index < -0.39 is 44.3 Å². The Balaban J connectivity index is 1.63. The van der Waals surface area contributed by atoms with E-state index in [4.69, 9.17) is 4.74 Å². The Labute approximate surface area is 190 Å². The lowest BCUT2D eigenvalue weighted by Gasteiger charge is -2.51. The molecule has 1 N–H and O–H groups in total. The molecule has 0 spiro atoms. The van der Waals surface area contributed by atoms with Crippen LogP contribution in [0.15, 0.2) is 42.3 Å². The molecule has 1 aromatic carbocycles. The molecule has 3 heterocycles. The van der Waals surface area contributed by atoms with Crippen LogP contribution >= 0.6 is 39.0 Å². The highest BCUT2D eigenvalue weighted by molar-refractivity contribution is 9.10. The quantitative estimate of drug-likeness (QED) is 0.211. The molecule has 0 aliphatic carbocycles. The number of Topliss-reactive ketones (excluding diaryl/α,β-unsaturated/α-hetero) is 1. The van der Waals surface area contributed by atoms with Gasteiger partial charge in [-0.25, -0.2) is 4.79 Å². The fourth-order valence-corrected chi connectivity index (χ4v) is 7.55. The summed E-state index contributed by atoms with van der Waals surface area (Å²) in [6.45, 7) is 7.27. The maximum Gasteiger partial charge on any atom is 0.330 e. The molecule has 158 valence electrons. The number of benzene rings is 1. The second-order valence-corrected chi connectivity index (χ2v) is 11.7. The number of thioether (sulfide) groups is 1. The van der Waals surface area contributed by atoms with Crippen molar-refractivity contribution in [1.29, 1.82) is 0 Å². The molecule has 0 radical (unpaired) electrons.